The lowest BCUT2D eigenvalue weighted by Crippen LogP contribution is -2.30. The van der Waals surface area contributed by atoms with Gasteiger partial charge in [-0.05, 0) is 56.4 Å². The Hall–Kier alpha value is -1.88. The fourth-order valence-corrected chi connectivity index (χ4v) is 2.92. The monoisotopic (exact) mass is 356 g/mol. The van der Waals surface area contributed by atoms with Crippen molar-refractivity contribution in [1.82, 2.24) is 9.80 Å². The molecule has 0 radical (unpaired) electrons. The van der Waals surface area contributed by atoms with Gasteiger partial charge in [-0.25, -0.2) is 0 Å². The lowest BCUT2D eigenvalue weighted by atomic mass is 10.1. The lowest BCUT2D eigenvalue weighted by Gasteiger charge is -2.18. The highest BCUT2D eigenvalue weighted by atomic mass is 16.5. The van der Waals surface area contributed by atoms with Crippen molar-refractivity contribution in [3.05, 3.63) is 65.2 Å². The molecule has 1 unspecified atom stereocenters. The summed E-state index contributed by atoms with van der Waals surface area (Å²) in [6.07, 6.45) is 0.603. The van der Waals surface area contributed by atoms with Gasteiger partial charge in [-0.3, -0.25) is 4.90 Å². The highest BCUT2D eigenvalue weighted by molar-refractivity contribution is 5.27. The van der Waals surface area contributed by atoms with E-state index in [2.05, 4.69) is 55.3 Å². The van der Waals surface area contributed by atoms with E-state index < -0.39 is 6.10 Å². The molecule has 2 rings (SSSR count). The Morgan fingerprint density at radius 3 is 1.85 bits per heavy atom. The summed E-state index contributed by atoms with van der Waals surface area (Å²) < 4.78 is 5.66. The number of aliphatic hydroxyl groups is 1. The number of hydrogen-bond donors (Lipinski definition) is 1. The predicted octanol–water partition coefficient (Wildman–Crippen LogP) is 3.18. The van der Waals surface area contributed by atoms with Gasteiger partial charge in [0.05, 0.1) is 0 Å². The van der Waals surface area contributed by atoms with Crippen LogP contribution in [0.2, 0.25) is 0 Å². The first kappa shape index (κ1) is 20.4. The third kappa shape index (κ3) is 7.16. The fourth-order valence-electron chi connectivity index (χ4n) is 2.92. The Bertz CT molecular complexity index is 638. The maximum absolute atomic E-state index is 9.85. The number of nitrogens with zero attached hydrogens (tertiary/aromatic N) is 2. The number of hydrogen-bond acceptors (Lipinski definition) is 4. The summed E-state index contributed by atoms with van der Waals surface area (Å²) in [6.45, 7) is 4.91. The molecule has 4 nitrogen and oxygen atoms in total. The van der Waals surface area contributed by atoms with E-state index in [1.807, 2.05) is 31.1 Å². The molecule has 1 atom stereocenters. The van der Waals surface area contributed by atoms with Crippen LogP contribution in [-0.2, 0) is 19.5 Å². The molecule has 0 saturated heterocycles. The highest BCUT2D eigenvalue weighted by Crippen LogP contribution is 2.15. The molecule has 4 heteroatoms. The van der Waals surface area contributed by atoms with Gasteiger partial charge < -0.3 is 14.7 Å². The van der Waals surface area contributed by atoms with Crippen molar-refractivity contribution < 1.29 is 9.84 Å². The van der Waals surface area contributed by atoms with Gasteiger partial charge in [0.25, 0.3) is 0 Å². The molecule has 0 aliphatic rings. The first-order valence-electron chi connectivity index (χ1n) is 9.27. The van der Waals surface area contributed by atoms with Crippen LogP contribution in [0.4, 0.5) is 0 Å². The molecule has 1 N–H and O–H groups in total. The number of benzene rings is 2. The average molecular weight is 357 g/mol. The van der Waals surface area contributed by atoms with E-state index in [4.69, 9.17) is 4.74 Å². The van der Waals surface area contributed by atoms with E-state index in [1.165, 1.54) is 16.7 Å². The number of aryl methyl sites for hydroxylation is 1. The second-order valence-corrected chi connectivity index (χ2v) is 7.21. The van der Waals surface area contributed by atoms with E-state index in [0.717, 1.165) is 25.3 Å². The van der Waals surface area contributed by atoms with Crippen LogP contribution in [0, 0.1) is 0 Å². The van der Waals surface area contributed by atoms with Crippen LogP contribution in [0.5, 0.6) is 5.75 Å². The zero-order valence-corrected chi connectivity index (χ0v) is 16.5. The van der Waals surface area contributed by atoms with Crippen molar-refractivity contribution in [2.45, 2.75) is 32.5 Å². The van der Waals surface area contributed by atoms with Gasteiger partial charge in [0.2, 0.25) is 0 Å². The van der Waals surface area contributed by atoms with E-state index in [9.17, 15) is 5.11 Å². The molecule has 0 heterocycles. The molecule has 0 spiro atoms. The Labute approximate surface area is 158 Å². The van der Waals surface area contributed by atoms with Gasteiger partial charge in [-0.1, -0.05) is 43.3 Å². The molecule has 0 aliphatic carbocycles. The van der Waals surface area contributed by atoms with Crippen LogP contribution in [-0.4, -0.2) is 55.3 Å². The molecule has 0 aromatic heterocycles. The fraction of sp³-hybridized carbons (Fsp3) is 0.455. The van der Waals surface area contributed by atoms with Crippen molar-refractivity contribution in [2.75, 3.05) is 34.3 Å². The minimum atomic E-state index is -0.477. The molecular formula is C22H32N2O2. The largest absolute Gasteiger partial charge is 0.491 e. The van der Waals surface area contributed by atoms with Crippen molar-refractivity contribution in [3.8, 4) is 5.75 Å². The van der Waals surface area contributed by atoms with E-state index in [0.29, 0.717) is 13.2 Å². The Kier molecular flexibility index (Phi) is 8.10. The first-order chi connectivity index (χ1) is 12.5. The Morgan fingerprint density at radius 1 is 0.846 bits per heavy atom. The SMILES string of the molecule is CCc1ccc(CN(C)Cc2ccc(OCC(O)CN(C)C)cc2)cc1. The van der Waals surface area contributed by atoms with Crippen LogP contribution < -0.4 is 4.74 Å². The molecule has 0 saturated carbocycles. The summed E-state index contributed by atoms with van der Waals surface area (Å²) in [5, 5.41) is 9.85. The second-order valence-electron chi connectivity index (χ2n) is 7.21. The second kappa shape index (κ2) is 10.3. The molecule has 26 heavy (non-hydrogen) atoms. The first-order valence-corrected chi connectivity index (χ1v) is 9.27. The molecule has 142 valence electrons. The van der Waals surface area contributed by atoms with Gasteiger partial charge in [0.1, 0.15) is 18.5 Å². The predicted molar refractivity (Wildman–Crippen MR) is 107 cm³/mol. The zero-order chi connectivity index (χ0) is 18.9. The van der Waals surface area contributed by atoms with Crippen LogP contribution in [0.3, 0.4) is 0 Å². The molecule has 0 aliphatic heterocycles. The molecule has 2 aromatic carbocycles. The molecule has 0 amide bonds. The van der Waals surface area contributed by atoms with Gasteiger partial charge in [0, 0.05) is 19.6 Å². The standard InChI is InChI=1S/C22H32N2O2/c1-5-18-6-8-19(9-7-18)14-24(4)15-20-10-12-22(13-11-20)26-17-21(25)16-23(2)3/h6-13,21,25H,5,14-17H2,1-4H3. The normalized spacial score (nSPS) is 12.6. The van der Waals surface area contributed by atoms with Crippen molar-refractivity contribution in [2.24, 2.45) is 0 Å². The smallest absolute Gasteiger partial charge is 0.119 e. The van der Waals surface area contributed by atoms with Crippen molar-refractivity contribution in [1.29, 1.82) is 0 Å². The third-order valence-corrected chi connectivity index (χ3v) is 4.28. The van der Waals surface area contributed by atoms with Gasteiger partial charge in [-0.15, -0.1) is 0 Å². The van der Waals surface area contributed by atoms with Crippen molar-refractivity contribution >= 4 is 0 Å². The summed E-state index contributed by atoms with van der Waals surface area (Å²) in [6, 6.07) is 17.0. The van der Waals surface area contributed by atoms with Crippen LogP contribution in [0.25, 0.3) is 0 Å². The topological polar surface area (TPSA) is 35.9 Å². The van der Waals surface area contributed by atoms with Gasteiger partial charge in [0.15, 0.2) is 0 Å². The minimum Gasteiger partial charge on any atom is -0.491 e. The van der Waals surface area contributed by atoms with Gasteiger partial charge >= 0.3 is 0 Å². The molecular weight excluding hydrogens is 324 g/mol. The Balaban J connectivity index is 1.80. The van der Waals surface area contributed by atoms with E-state index in [-0.39, 0.29) is 0 Å². The molecule has 2 aromatic rings. The van der Waals surface area contributed by atoms with Gasteiger partial charge in [-0.2, -0.15) is 0 Å². The molecule has 0 bridgehead atoms. The zero-order valence-electron chi connectivity index (χ0n) is 16.5. The third-order valence-electron chi connectivity index (χ3n) is 4.28. The quantitative estimate of drug-likeness (QED) is 0.709. The van der Waals surface area contributed by atoms with Crippen LogP contribution >= 0.6 is 0 Å². The lowest BCUT2D eigenvalue weighted by molar-refractivity contribution is 0.0831. The summed E-state index contributed by atoms with van der Waals surface area (Å²) in [5.74, 6) is 0.796. The number of ether oxygens (including phenoxy) is 1. The summed E-state index contributed by atoms with van der Waals surface area (Å²) in [4.78, 5) is 4.25. The maximum atomic E-state index is 9.85. The van der Waals surface area contributed by atoms with E-state index >= 15 is 0 Å². The van der Waals surface area contributed by atoms with E-state index in [1.54, 1.807) is 0 Å². The highest BCUT2D eigenvalue weighted by Gasteiger charge is 2.07. The summed E-state index contributed by atoms with van der Waals surface area (Å²) in [5.41, 5.74) is 3.96. The minimum absolute atomic E-state index is 0.311. The molecule has 0 fully saturated rings. The maximum Gasteiger partial charge on any atom is 0.119 e. The van der Waals surface area contributed by atoms with Crippen molar-refractivity contribution in [3.63, 3.8) is 0 Å². The Morgan fingerprint density at radius 2 is 1.35 bits per heavy atom. The summed E-state index contributed by atoms with van der Waals surface area (Å²) >= 11 is 0. The summed E-state index contributed by atoms with van der Waals surface area (Å²) in [7, 11) is 6.01. The van der Waals surface area contributed by atoms with Crippen LogP contribution in [0.15, 0.2) is 48.5 Å². The average Bonchev–Trinajstić information content (AvgIpc) is 2.61. The number of aliphatic hydroxyl groups excluding tert-OH is 1. The number of rotatable bonds is 10. The van der Waals surface area contributed by atoms with Crippen LogP contribution in [0.1, 0.15) is 23.6 Å². The number of likely N-dealkylation sites (N-methyl/N-ethyl adjacent to an activating group) is 1.